The van der Waals surface area contributed by atoms with Crippen LogP contribution in [0.5, 0.6) is 0 Å². The third-order valence-electron chi connectivity index (χ3n) is 3.82. The van der Waals surface area contributed by atoms with Crippen molar-refractivity contribution >= 4 is 0 Å². The fourth-order valence-electron chi connectivity index (χ4n) is 2.57. The Morgan fingerprint density at radius 1 is 1.06 bits per heavy atom. The smallest absolute Gasteiger partial charge is 0.0279 e. The van der Waals surface area contributed by atoms with Crippen LogP contribution in [0.15, 0.2) is 42.0 Å². The van der Waals surface area contributed by atoms with Gasteiger partial charge in [-0.15, -0.1) is 0 Å². The first-order valence-electron chi connectivity index (χ1n) is 7.06. The molecule has 1 aliphatic rings. The predicted molar refractivity (Wildman–Crippen MR) is 75.1 cm³/mol. The van der Waals surface area contributed by atoms with Crippen molar-refractivity contribution in [3.05, 3.63) is 47.5 Å². The first-order chi connectivity index (χ1) is 8.34. The Morgan fingerprint density at radius 2 is 1.82 bits per heavy atom. The third kappa shape index (κ3) is 4.38. The Labute approximate surface area is 106 Å². The fourth-order valence-corrected chi connectivity index (χ4v) is 2.57. The van der Waals surface area contributed by atoms with Gasteiger partial charge in [0.1, 0.15) is 0 Å². The molecule has 0 N–H and O–H groups in total. The molecule has 0 aromatic heterocycles. The van der Waals surface area contributed by atoms with E-state index in [2.05, 4.69) is 43.3 Å². The highest BCUT2D eigenvalue weighted by molar-refractivity contribution is 5.14. The van der Waals surface area contributed by atoms with Gasteiger partial charge in [0.2, 0.25) is 0 Å². The van der Waals surface area contributed by atoms with Crippen LogP contribution >= 0.6 is 0 Å². The van der Waals surface area contributed by atoms with Crippen LogP contribution in [0.3, 0.4) is 0 Å². The maximum absolute atomic E-state index is 2.50. The average molecular weight is 228 g/mol. The van der Waals surface area contributed by atoms with Gasteiger partial charge >= 0.3 is 0 Å². The summed E-state index contributed by atoms with van der Waals surface area (Å²) in [4.78, 5) is 0. The van der Waals surface area contributed by atoms with Crippen LogP contribution in [0.2, 0.25) is 0 Å². The lowest BCUT2D eigenvalue weighted by Gasteiger charge is -2.18. The third-order valence-corrected chi connectivity index (χ3v) is 3.82. The molecule has 0 aliphatic heterocycles. The summed E-state index contributed by atoms with van der Waals surface area (Å²) in [5.41, 5.74) is 3.20. The minimum Gasteiger partial charge on any atom is -0.0851 e. The zero-order valence-corrected chi connectivity index (χ0v) is 11.0. The monoisotopic (exact) mass is 228 g/mol. The molecule has 17 heavy (non-hydrogen) atoms. The van der Waals surface area contributed by atoms with Crippen LogP contribution < -0.4 is 0 Å². The molecule has 92 valence electrons. The highest BCUT2D eigenvalue weighted by Gasteiger charge is 2.09. The second kappa shape index (κ2) is 6.64. The van der Waals surface area contributed by atoms with Gasteiger partial charge in [0, 0.05) is 0 Å². The molecule has 0 amide bonds. The lowest BCUT2D eigenvalue weighted by atomic mass is 9.88. The van der Waals surface area contributed by atoms with E-state index in [0.717, 1.165) is 5.92 Å². The molecular weight excluding hydrogens is 204 g/mol. The molecule has 0 heterocycles. The summed E-state index contributed by atoms with van der Waals surface area (Å²) in [6.45, 7) is 2.36. The van der Waals surface area contributed by atoms with Crippen LogP contribution in [-0.2, 0) is 6.42 Å². The Balaban J connectivity index is 1.64. The summed E-state index contributed by atoms with van der Waals surface area (Å²) in [7, 11) is 0. The average Bonchev–Trinajstić information content (AvgIpc) is 2.38. The van der Waals surface area contributed by atoms with Crippen molar-refractivity contribution in [2.75, 3.05) is 0 Å². The SMILES string of the molecule is CC1CC=C(CCCCc2ccccc2)CC1. The summed E-state index contributed by atoms with van der Waals surface area (Å²) in [5.74, 6) is 0.920. The summed E-state index contributed by atoms with van der Waals surface area (Å²) in [6.07, 6.45) is 11.8. The highest BCUT2D eigenvalue weighted by Crippen LogP contribution is 2.26. The Bertz CT molecular complexity index is 348. The van der Waals surface area contributed by atoms with E-state index >= 15 is 0 Å². The summed E-state index contributed by atoms with van der Waals surface area (Å²) >= 11 is 0. The molecule has 1 aromatic carbocycles. The predicted octanol–water partition coefficient (Wildman–Crippen LogP) is 5.15. The van der Waals surface area contributed by atoms with Crippen LogP contribution in [0.1, 0.15) is 51.0 Å². The van der Waals surface area contributed by atoms with Gasteiger partial charge in [0.05, 0.1) is 0 Å². The molecule has 1 aliphatic carbocycles. The van der Waals surface area contributed by atoms with Crippen LogP contribution in [0.25, 0.3) is 0 Å². The second-order valence-electron chi connectivity index (χ2n) is 5.43. The normalized spacial score (nSPS) is 20.1. The first-order valence-corrected chi connectivity index (χ1v) is 7.06. The second-order valence-corrected chi connectivity index (χ2v) is 5.43. The number of rotatable bonds is 5. The maximum atomic E-state index is 2.50. The van der Waals surface area contributed by atoms with Crippen molar-refractivity contribution in [2.45, 2.75) is 51.9 Å². The molecule has 0 saturated heterocycles. The zero-order valence-electron chi connectivity index (χ0n) is 11.0. The molecule has 1 aromatic rings. The first kappa shape index (κ1) is 12.4. The lowest BCUT2D eigenvalue weighted by molar-refractivity contribution is 0.502. The molecule has 0 heteroatoms. The standard InChI is InChI=1S/C17H24/c1-15-11-13-17(14-12-15)10-6-5-9-16-7-3-2-4-8-16/h2-4,7-8,13,15H,5-6,9-12,14H2,1H3. The van der Waals surface area contributed by atoms with E-state index in [-0.39, 0.29) is 0 Å². The van der Waals surface area contributed by atoms with Crippen molar-refractivity contribution in [2.24, 2.45) is 5.92 Å². The topological polar surface area (TPSA) is 0 Å². The quantitative estimate of drug-likeness (QED) is 0.483. The molecule has 1 atom stereocenters. The van der Waals surface area contributed by atoms with Crippen LogP contribution in [0, 0.1) is 5.92 Å². The van der Waals surface area contributed by atoms with Gasteiger partial charge in [-0.2, -0.15) is 0 Å². The summed E-state index contributed by atoms with van der Waals surface area (Å²) in [6, 6.07) is 10.8. The van der Waals surface area contributed by atoms with Crippen molar-refractivity contribution in [1.29, 1.82) is 0 Å². The molecule has 0 bridgehead atoms. The van der Waals surface area contributed by atoms with E-state index in [1.807, 2.05) is 0 Å². The highest BCUT2D eigenvalue weighted by atomic mass is 14.1. The van der Waals surface area contributed by atoms with Crippen LogP contribution in [0.4, 0.5) is 0 Å². The molecule has 0 radical (unpaired) electrons. The molecule has 0 spiro atoms. The van der Waals surface area contributed by atoms with E-state index in [0.29, 0.717) is 0 Å². The number of benzene rings is 1. The lowest BCUT2D eigenvalue weighted by Crippen LogP contribution is -2.01. The van der Waals surface area contributed by atoms with Gasteiger partial charge in [-0.1, -0.05) is 48.9 Å². The molecule has 0 nitrogen and oxygen atoms in total. The number of hydrogen-bond donors (Lipinski definition) is 0. The van der Waals surface area contributed by atoms with Gasteiger partial charge in [0.15, 0.2) is 0 Å². The molecule has 2 rings (SSSR count). The number of aryl methyl sites for hydroxylation is 1. The van der Waals surface area contributed by atoms with Crippen molar-refractivity contribution in [3.63, 3.8) is 0 Å². The van der Waals surface area contributed by atoms with Gasteiger partial charge < -0.3 is 0 Å². The van der Waals surface area contributed by atoms with E-state index in [1.54, 1.807) is 5.57 Å². The minimum absolute atomic E-state index is 0.920. The maximum Gasteiger partial charge on any atom is -0.0279 e. The molecule has 0 fully saturated rings. The van der Waals surface area contributed by atoms with Gasteiger partial charge in [-0.25, -0.2) is 0 Å². The van der Waals surface area contributed by atoms with Crippen LogP contribution in [-0.4, -0.2) is 0 Å². The minimum atomic E-state index is 0.920. The fraction of sp³-hybridized carbons (Fsp3) is 0.529. The molecule has 0 saturated carbocycles. The van der Waals surface area contributed by atoms with E-state index < -0.39 is 0 Å². The van der Waals surface area contributed by atoms with Gasteiger partial charge in [0.25, 0.3) is 0 Å². The van der Waals surface area contributed by atoms with Gasteiger partial charge in [-0.3, -0.25) is 0 Å². The molecular formula is C17H24. The largest absolute Gasteiger partial charge is 0.0851 e. The Kier molecular flexibility index (Phi) is 4.85. The van der Waals surface area contributed by atoms with E-state index in [4.69, 9.17) is 0 Å². The van der Waals surface area contributed by atoms with Crippen molar-refractivity contribution < 1.29 is 0 Å². The summed E-state index contributed by atoms with van der Waals surface area (Å²) in [5, 5.41) is 0. The van der Waals surface area contributed by atoms with Crippen molar-refractivity contribution in [1.82, 2.24) is 0 Å². The number of allylic oxidation sites excluding steroid dienone is 2. The van der Waals surface area contributed by atoms with E-state index in [9.17, 15) is 0 Å². The Morgan fingerprint density at radius 3 is 2.53 bits per heavy atom. The number of unbranched alkanes of at least 4 members (excludes halogenated alkanes) is 1. The Hall–Kier alpha value is -1.04. The zero-order chi connectivity index (χ0) is 11.9. The van der Waals surface area contributed by atoms with Gasteiger partial charge in [-0.05, 0) is 56.4 Å². The number of hydrogen-bond acceptors (Lipinski definition) is 0. The van der Waals surface area contributed by atoms with E-state index in [1.165, 1.54) is 50.5 Å². The molecule has 1 unspecified atom stereocenters. The van der Waals surface area contributed by atoms with Crippen molar-refractivity contribution in [3.8, 4) is 0 Å². The summed E-state index contributed by atoms with van der Waals surface area (Å²) < 4.78 is 0.